The first-order chi connectivity index (χ1) is 4.20. The second kappa shape index (κ2) is 7.13. The third kappa shape index (κ3) is 6.15. The van der Waals surface area contributed by atoms with E-state index in [-0.39, 0.29) is 38.4 Å². The molecule has 0 atom stereocenters. The van der Waals surface area contributed by atoms with Crippen molar-refractivity contribution in [1.29, 1.82) is 0 Å². The molecule has 0 aliphatic carbocycles. The minimum absolute atomic E-state index is 0. The largest absolute Gasteiger partial charge is 0.469 e. The fourth-order valence-corrected chi connectivity index (χ4v) is 0.358. The normalized spacial score (nSPS) is 7.80. The van der Waals surface area contributed by atoms with E-state index >= 15 is 0 Å². The molecule has 0 radical (unpaired) electrons. The standard InChI is InChI=1S/C6H10O3.Zr/c1-3-5(7)4-6(8)9-2;/h3-4H2,1-2H3;. The van der Waals surface area contributed by atoms with Crippen LogP contribution >= 0.6 is 0 Å². The van der Waals surface area contributed by atoms with Gasteiger partial charge in [-0.3, -0.25) is 9.59 Å². The first-order valence-corrected chi connectivity index (χ1v) is 2.79. The Kier molecular flexibility index (Phi) is 9.04. The molecule has 0 aromatic heterocycles. The second-order valence-electron chi connectivity index (χ2n) is 1.65. The van der Waals surface area contributed by atoms with E-state index in [2.05, 4.69) is 4.74 Å². The molecule has 0 heterocycles. The van der Waals surface area contributed by atoms with E-state index in [0.29, 0.717) is 6.42 Å². The van der Waals surface area contributed by atoms with Crippen LogP contribution in [0.4, 0.5) is 0 Å². The van der Waals surface area contributed by atoms with Gasteiger partial charge in [0.05, 0.1) is 7.11 Å². The molecule has 0 unspecified atom stereocenters. The molecular weight excluding hydrogens is 211 g/mol. The Labute approximate surface area is 79.2 Å². The van der Waals surface area contributed by atoms with E-state index < -0.39 is 5.97 Å². The monoisotopic (exact) mass is 220 g/mol. The fourth-order valence-electron chi connectivity index (χ4n) is 0.358. The molecule has 0 aromatic rings. The maximum atomic E-state index is 10.5. The summed E-state index contributed by atoms with van der Waals surface area (Å²) in [6, 6.07) is 0. The minimum atomic E-state index is -0.457. The molecule has 0 aliphatic rings. The maximum absolute atomic E-state index is 10.5. The maximum Gasteiger partial charge on any atom is 0.313 e. The van der Waals surface area contributed by atoms with Gasteiger partial charge in [-0.1, -0.05) is 6.92 Å². The second-order valence-corrected chi connectivity index (χ2v) is 1.65. The van der Waals surface area contributed by atoms with Crippen molar-refractivity contribution in [1.82, 2.24) is 0 Å². The van der Waals surface area contributed by atoms with Gasteiger partial charge in [-0.25, -0.2) is 0 Å². The van der Waals surface area contributed by atoms with Crippen molar-refractivity contribution in [2.75, 3.05) is 7.11 Å². The number of rotatable bonds is 3. The molecule has 0 rings (SSSR count). The zero-order chi connectivity index (χ0) is 7.28. The number of esters is 1. The van der Waals surface area contributed by atoms with E-state index in [4.69, 9.17) is 0 Å². The minimum Gasteiger partial charge on any atom is -0.469 e. The average molecular weight is 221 g/mol. The summed E-state index contributed by atoms with van der Waals surface area (Å²) < 4.78 is 4.26. The molecule has 10 heavy (non-hydrogen) atoms. The number of Topliss-reactive ketones (excluding diaryl/α,β-unsaturated/α-hetero) is 1. The number of hydrogen-bond donors (Lipinski definition) is 0. The van der Waals surface area contributed by atoms with Gasteiger partial charge in [0.25, 0.3) is 0 Å². The van der Waals surface area contributed by atoms with Crippen molar-refractivity contribution < 1.29 is 40.5 Å². The molecule has 0 saturated heterocycles. The van der Waals surface area contributed by atoms with Gasteiger partial charge < -0.3 is 4.74 Å². The van der Waals surface area contributed by atoms with Crippen LogP contribution < -0.4 is 0 Å². The summed E-state index contributed by atoms with van der Waals surface area (Å²) in [5.74, 6) is -0.538. The van der Waals surface area contributed by atoms with E-state index in [1.165, 1.54) is 7.11 Å². The SMILES string of the molecule is CCC(=O)CC(=O)OC.[Zr]. The van der Waals surface area contributed by atoms with Gasteiger partial charge in [0.1, 0.15) is 12.2 Å². The van der Waals surface area contributed by atoms with Crippen molar-refractivity contribution in [2.45, 2.75) is 19.8 Å². The van der Waals surface area contributed by atoms with Gasteiger partial charge in [-0.05, 0) is 0 Å². The fraction of sp³-hybridized carbons (Fsp3) is 0.667. The van der Waals surface area contributed by atoms with Crippen molar-refractivity contribution in [3.63, 3.8) is 0 Å². The third-order valence-corrected chi connectivity index (χ3v) is 0.964. The quantitative estimate of drug-likeness (QED) is 0.516. The molecule has 0 N–H and O–H groups in total. The van der Waals surface area contributed by atoms with Gasteiger partial charge in [0.15, 0.2) is 0 Å². The summed E-state index contributed by atoms with van der Waals surface area (Å²) in [6.07, 6.45) is 0.308. The van der Waals surface area contributed by atoms with Crippen molar-refractivity contribution in [3.05, 3.63) is 0 Å². The first kappa shape index (κ1) is 12.7. The summed E-state index contributed by atoms with van der Waals surface area (Å²) in [7, 11) is 1.27. The van der Waals surface area contributed by atoms with E-state index in [9.17, 15) is 9.59 Å². The summed E-state index contributed by atoms with van der Waals surface area (Å²) in [6.45, 7) is 1.71. The van der Waals surface area contributed by atoms with Crippen molar-refractivity contribution in [2.24, 2.45) is 0 Å². The van der Waals surface area contributed by atoms with Crippen LogP contribution in [0.5, 0.6) is 0 Å². The van der Waals surface area contributed by atoms with E-state index in [1.807, 2.05) is 0 Å². The van der Waals surface area contributed by atoms with Crippen LogP contribution in [0.15, 0.2) is 0 Å². The molecule has 0 saturated carbocycles. The van der Waals surface area contributed by atoms with Crippen LogP contribution in [-0.4, -0.2) is 18.9 Å². The first-order valence-electron chi connectivity index (χ1n) is 2.79. The molecule has 3 nitrogen and oxygen atoms in total. The average Bonchev–Trinajstić information content (AvgIpc) is 1.87. The van der Waals surface area contributed by atoms with Crippen LogP contribution in [-0.2, 0) is 40.5 Å². The third-order valence-electron chi connectivity index (χ3n) is 0.964. The molecule has 0 fully saturated rings. The zero-order valence-electron chi connectivity index (χ0n) is 6.14. The molecule has 56 valence electrons. The predicted octanol–water partition coefficient (Wildman–Crippen LogP) is 0.526. The Morgan fingerprint density at radius 2 is 1.90 bits per heavy atom. The number of ether oxygens (including phenoxy) is 1. The van der Waals surface area contributed by atoms with E-state index in [0.717, 1.165) is 0 Å². The van der Waals surface area contributed by atoms with Crippen LogP contribution in [0.25, 0.3) is 0 Å². The van der Waals surface area contributed by atoms with Gasteiger partial charge in [0, 0.05) is 32.6 Å². The topological polar surface area (TPSA) is 43.4 Å². The van der Waals surface area contributed by atoms with Gasteiger partial charge >= 0.3 is 5.97 Å². The number of methoxy groups -OCH3 is 1. The number of carbonyl (C=O) groups is 2. The Morgan fingerprint density at radius 3 is 2.20 bits per heavy atom. The van der Waals surface area contributed by atoms with Crippen molar-refractivity contribution >= 4 is 11.8 Å². The van der Waals surface area contributed by atoms with Crippen LogP contribution in [0.3, 0.4) is 0 Å². The summed E-state index contributed by atoms with van der Waals surface area (Å²) in [5, 5.41) is 0. The van der Waals surface area contributed by atoms with Crippen LogP contribution in [0.1, 0.15) is 19.8 Å². The summed E-state index contributed by atoms with van der Waals surface area (Å²) in [4.78, 5) is 20.8. The number of carbonyl (C=O) groups excluding carboxylic acids is 2. The molecule has 4 heteroatoms. The molecule has 0 bridgehead atoms. The van der Waals surface area contributed by atoms with Crippen LogP contribution in [0, 0.1) is 0 Å². The van der Waals surface area contributed by atoms with E-state index in [1.54, 1.807) is 6.92 Å². The van der Waals surface area contributed by atoms with Crippen molar-refractivity contribution in [3.8, 4) is 0 Å². The summed E-state index contributed by atoms with van der Waals surface area (Å²) in [5.41, 5.74) is 0. The van der Waals surface area contributed by atoms with Gasteiger partial charge in [-0.15, -0.1) is 0 Å². The smallest absolute Gasteiger partial charge is 0.313 e. The molecule has 0 amide bonds. The zero-order valence-corrected chi connectivity index (χ0v) is 8.60. The Morgan fingerprint density at radius 1 is 1.40 bits per heavy atom. The van der Waals surface area contributed by atoms with Gasteiger partial charge in [-0.2, -0.15) is 0 Å². The number of ketones is 1. The number of hydrogen-bond acceptors (Lipinski definition) is 3. The molecular formula is C6H10O3Zr. The van der Waals surface area contributed by atoms with Crippen LogP contribution in [0.2, 0.25) is 0 Å². The molecule has 0 spiro atoms. The predicted molar refractivity (Wildman–Crippen MR) is 31.9 cm³/mol. The Balaban J connectivity index is 0. The Hall–Kier alpha value is 0.0231. The van der Waals surface area contributed by atoms with Gasteiger partial charge in [0.2, 0.25) is 0 Å². The Bertz CT molecular complexity index is 108. The molecule has 0 aromatic carbocycles. The summed E-state index contributed by atoms with van der Waals surface area (Å²) >= 11 is 0. The molecule has 0 aliphatic heterocycles.